The zero-order valence-electron chi connectivity index (χ0n) is 9.07. The standard InChI is InChI=1S/C10H17BO3S/c1-2-3-4-5-6-9-7-8-10(15-9)11-13-14-12/h7-8,11-12H,2-6H2,1H3. The first-order valence-electron chi connectivity index (χ1n) is 5.37. The minimum Gasteiger partial charge on any atom is -0.273 e. The van der Waals surface area contributed by atoms with Crippen molar-refractivity contribution in [1.82, 2.24) is 0 Å². The Kier molecular flexibility index (Phi) is 6.67. The highest BCUT2D eigenvalue weighted by atomic mass is 32.1. The predicted molar refractivity (Wildman–Crippen MR) is 63.7 cm³/mol. The van der Waals surface area contributed by atoms with Gasteiger partial charge in [0.2, 0.25) is 0 Å². The van der Waals surface area contributed by atoms with Crippen LogP contribution in [0.4, 0.5) is 0 Å². The third-order valence-corrected chi connectivity index (χ3v) is 3.37. The molecule has 5 heteroatoms. The van der Waals surface area contributed by atoms with Gasteiger partial charge in [0.05, 0.1) is 0 Å². The number of unbranched alkanes of at least 4 members (excludes halogenated alkanes) is 3. The molecule has 0 atom stereocenters. The fourth-order valence-corrected chi connectivity index (χ4v) is 2.41. The van der Waals surface area contributed by atoms with Gasteiger partial charge >= 0.3 is 7.48 Å². The molecule has 0 saturated heterocycles. The Balaban J connectivity index is 2.20. The maximum Gasteiger partial charge on any atom is 0.370 e. The lowest BCUT2D eigenvalue weighted by atomic mass is 10.0. The molecule has 0 aliphatic heterocycles. The van der Waals surface area contributed by atoms with Crippen molar-refractivity contribution in [2.45, 2.75) is 39.0 Å². The molecule has 3 nitrogen and oxygen atoms in total. The van der Waals surface area contributed by atoms with Gasteiger partial charge in [-0.05, 0) is 18.9 Å². The van der Waals surface area contributed by atoms with Gasteiger partial charge in [0, 0.05) is 9.65 Å². The Morgan fingerprint density at radius 1 is 1.33 bits per heavy atom. The predicted octanol–water partition coefficient (Wildman–Crippen LogP) is 2.27. The molecule has 0 aromatic carbocycles. The minimum absolute atomic E-state index is 0.316. The zero-order valence-corrected chi connectivity index (χ0v) is 9.89. The molecule has 1 aromatic heterocycles. The second-order valence-corrected chi connectivity index (χ2v) is 4.77. The summed E-state index contributed by atoms with van der Waals surface area (Å²) in [5, 5.41) is 11.6. The molecule has 1 rings (SSSR count). The van der Waals surface area contributed by atoms with Gasteiger partial charge < -0.3 is 0 Å². The van der Waals surface area contributed by atoms with E-state index in [9.17, 15) is 0 Å². The summed E-state index contributed by atoms with van der Waals surface area (Å²) in [5.74, 6) is 0. The van der Waals surface area contributed by atoms with Gasteiger partial charge in [-0.3, -0.25) is 4.81 Å². The molecule has 0 spiro atoms. The number of hydrogen-bond donors (Lipinski definition) is 1. The highest BCUT2D eigenvalue weighted by Gasteiger charge is 2.03. The normalized spacial score (nSPS) is 10.5. The summed E-state index contributed by atoms with van der Waals surface area (Å²) in [7, 11) is 0.316. The molecule has 0 aliphatic carbocycles. The first-order chi connectivity index (χ1) is 7.36. The van der Waals surface area contributed by atoms with Gasteiger partial charge in [-0.15, -0.1) is 0 Å². The van der Waals surface area contributed by atoms with E-state index in [-0.39, 0.29) is 0 Å². The van der Waals surface area contributed by atoms with Crippen LogP contribution in [0.5, 0.6) is 0 Å². The highest BCUT2D eigenvalue weighted by molar-refractivity contribution is 7.21. The highest BCUT2D eigenvalue weighted by Crippen LogP contribution is 2.11. The van der Waals surface area contributed by atoms with Gasteiger partial charge in [0.25, 0.3) is 0 Å². The Labute approximate surface area is 95.2 Å². The van der Waals surface area contributed by atoms with E-state index in [1.54, 1.807) is 11.3 Å². The molecule has 0 unspecified atom stereocenters. The van der Waals surface area contributed by atoms with Crippen LogP contribution in [0.25, 0.3) is 0 Å². The first kappa shape index (κ1) is 12.7. The van der Waals surface area contributed by atoms with Crippen LogP contribution in [-0.2, 0) is 16.3 Å². The Hall–Kier alpha value is -0.355. The summed E-state index contributed by atoms with van der Waals surface area (Å²) < 4.78 is 1.08. The van der Waals surface area contributed by atoms with Gasteiger partial charge in [-0.2, -0.15) is 11.3 Å². The third-order valence-electron chi connectivity index (χ3n) is 2.25. The smallest absolute Gasteiger partial charge is 0.273 e. The topological polar surface area (TPSA) is 38.7 Å². The summed E-state index contributed by atoms with van der Waals surface area (Å²) >= 11 is 1.71. The van der Waals surface area contributed by atoms with Crippen LogP contribution in [0.1, 0.15) is 37.5 Å². The largest absolute Gasteiger partial charge is 0.370 e. The van der Waals surface area contributed by atoms with Gasteiger partial charge in [-0.1, -0.05) is 37.3 Å². The molecule has 0 saturated carbocycles. The molecule has 15 heavy (non-hydrogen) atoms. The number of hydrogen-bond acceptors (Lipinski definition) is 4. The summed E-state index contributed by atoms with van der Waals surface area (Å²) in [6.07, 6.45) is 6.30. The average Bonchev–Trinajstić information content (AvgIpc) is 2.69. The minimum atomic E-state index is 0.316. The molecule has 1 N–H and O–H groups in total. The van der Waals surface area contributed by atoms with E-state index in [1.165, 1.54) is 30.6 Å². The van der Waals surface area contributed by atoms with Crippen molar-refractivity contribution >= 4 is 23.6 Å². The first-order valence-corrected chi connectivity index (χ1v) is 6.19. The Morgan fingerprint density at radius 3 is 2.93 bits per heavy atom. The van der Waals surface area contributed by atoms with Crippen molar-refractivity contribution in [3.63, 3.8) is 0 Å². The summed E-state index contributed by atoms with van der Waals surface area (Å²) in [6.45, 7) is 2.22. The van der Waals surface area contributed by atoms with Crippen LogP contribution in [0.3, 0.4) is 0 Å². The van der Waals surface area contributed by atoms with E-state index < -0.39 is 0 Å². The van der Waals surface area contributed by atoms with Crippen LogP contribution >= 0.6 is 11.3 Å². The fraction of sp³-hybridized carbons (Fsp3) is 0.600. The van der Waals surface area contributed by atoms with Crippen molar-refractivity contribution in [2.75, 3.05) is 0 Å². The monoisotopic (exact) mass is 228 g/mol. The molecule has 1 heterocycles. The van der Waals surface area contributed by atoms with Crippen molar-refractivity contribution in [3.8, 4) is 0 Å². The summed E-state index contributed by atoms with van der Waals surface area (Å²) in [5.41, 5.74) is 0. The van der Waals surface area contributed by atoms with E-state index in [0.717, 1.165) is 11.2 Å². The van der Waals surface area contributed by atoms with E-state index >= 15 is 0 Å². The zero-order chi connectivity index (χ0) is 10.9. The Morgan fingerprint density at radius 2 is 2.20 bits per heavy atom. The van der Waals surface area contributed by atoms with Crippen molar-refractivity contribution in [3.05, 3.63) is 17.0 Å². The lowest BCUT2D eigenvalue weighted by Gasteiger charge is -1.96. The van der Waals surface area contributed by atoms with Crippen molar-refractivity contribution in [2.24, 2.45) is 0 Å². The Bertz CT molecular complexity index is 265. The molecule has 1 aromatic rings. The molecular formula is C10H17BO3S. The SMILES string of the molecule is CCCCCCc1ccc(BOOO)s1. The maximum atomic E-state index is 8.02. The van der Waals surface area contributed by atoms with Crippen LogP contribution in [0.15, 0.2) is 12.1 Å². The maximum absolute atomic E-state index is 8.02. The molecule has 0 amide bonds. The molecule has 0 bridgehead atoms. The quantitative estimate of drug-likeness (QED) is 0.321. The summed E-state index contributed by atoms with van der Waals surface area (Å²) in [6, 6.07) is 4.13. The second kappa shape index (κ2) is 7.87. The van der Waals surface area contributed by atoms with E-state index in [1.807, 2.05) is 6.07 Å². The third kappa shape index (κ3) is 5.32. The van der Waals surface area contributed by atoms with Gasteiger partial charge in [0.15, 0.2) is 0 Å². The van der Waals surface area contributed by atoms with Crippen LogP contribution < -0.4 is 4.78 Å². The lowest BCUT2D eigenvalue weighted by molar-refractivity contribution is -0.441. The fourth-order valence-electron chi connectivity index (χ4n) is 1.44. The number of aryl methyl sites for hydroxylation is 1. The molecule has 0 radical (unpaired) electrons. The molecule has 0 aliphatic rings. The lowest BCUT2D eigenvalue weighted by Crippen LogP contribution is -2.12. The molecular weight excluding hydrogens is 211 g/mol. The summed E-state index contributed by atoms with van der Waals surface area (Å²) in [4.78, 5) is 5.82. The van der Waals surface area contributed by atoms with Crippen LogP contribution in [0, 0.1) is 0 Å². The molecule has 84 valence electrons. The van der Waals surface area contributed by atoms with E-state index in [2.05, 4.69) is 22.8 Å². The van der Waals surface area contributed by atoms with E-state index in [4.69, 9.17) is 5.26 Å². The number of rotatable bonds is 8. The van der Waals surface area contributed by atoms with Crippen LogP contribution in [-0.4, -0.2) is 12.7 Å². The van der Waals surface area contributed by atoms with Crippen LogP contribution in [0.2, 0.25) is 0 Å². The van der Waals surface area contributed by atoms with Crippen molar-refractivity contribution in [1.29, 1.82) is 0 Å². The average molecular weight is 228 g/mol. The second-order valence-electron chi connectivity index (χ2n) is 3.52. The van der Waals surface area contributed by atoms with Gasteiger partial charge in [0.1, 0.15) is 0 Å². The number of thiophene rings is 1. The molecule has 0 fully saturated rings. The van der Waals surface area contributed by atoms with Gasteiger partial charge in [-0.25, -0.2) is 5.26 Å². The van der Waals surface area contributed by atoms with Crippen molar-refractivity contribution < 1.29 is 15.1 Å². The van der Waals surface area contributed by atoms with E-state index in [0.29, 0.717) is 7.48 Å².